The summed E-state index contributed by atoms with van der Waals surface area (Å²) in [6.07, 6.45) is 8.10. The van der Waals surface area contributed by atoms with Gasteiger partial charge in [0, 0.05) is 12.5 Å². The smallest absolute Gasteiger partial charge is 0.323 e. The van der Waals surface area contributed by atoms with E-state index in [1.807, 2.05) is 0 Å². The van der Waals surface area contributed by atoms with Crippen LogP contribution in [0.5, 0.6) is 0 Å². The summed E-state index contributed by atoms with van der Waals surface area (Å²) in [6.45, 7) is 3.03. The maximum Gasteiger partial charge on any atom is 0.323 e. The zero-order valence-electron chi connectivity index (χ0n) is 14.6. The van der Waals surface area contributed by atoms with Gasteiger partial charge in [-0.25, -0.2) is 4.79 Å². The number of hydrogen-bond donors (Lipinski definition) is 2. The van der Waals surface area contributed by atoms with Gasteiger partial charge in [0.1, 0.15) is 5.01 Å². The lowest BCUT2D eigenvalue weighted by atomic mass is 9.90. The molecule has 2 N–H and O–H groups in total. The monoisotopic (exact) mass is 365 g/mol. The van der Waals surface area contributed by atoms with E-state index < -0.39 is 6.10 Å². The molecule has 7 nitrogen and oxygen atoms in total. The number of carbonyl (C=O) groups is 1. The van der Waals surface area contributed by atoms with Crippen molar-refractivity contribution in [3.8, 4) is 0 Å². The minimum Gasteiger partial charge on any atom is -0.390 e. The molecule has 2 aliphatic heterocycles. The van der Waals surface area contributed by atoms with Crippen LogP contribution < -0.4 is 5.32 Å². The molecule has 2 saturated heterocycles. The van der Waals surface area contributed by atoms with Crippen LogP contribution >= 0.6 is 11.3 Å². The summed E-state index contributed by atoms with van der Waals surface area (Å²) in [6, 6.07) is -0.104. The number of anilines is 1. The van der Waals surface area contributed by atoms with Crippen molar-refractivity contribution >= 4 is 22.5 Å². The number of aliphatic hydroxyl groups is 1. The van der Waals surface area contributed by atoms with Gasteiger partial charge < -0.3 is 10.0 Å². The van der Waals surface area contributed by atoms with Crippen LogP contribution in [-0.2, 0) is 0 Å². The van der Waals surface area contributed by atoms with Gasteiger partial charge in [-0.1, -0.05) is 30.6 Å². The van der Waals surface area contributed by atoms with Crippen LogP contribution in [0.1, 0.15) is 55.9 Å². The fraction of sp³-hybridized carbons (Fsp3) is 0.824. The lowest BCUT2D eigenvalue weighted by Crippen LogP contribution is -2.41. The molecule has 0 radical (unpaired) electrons. The number of nitrogens with one attached hydrogen (secondary N) is 1. The number of amides is 2. The summed E-state index contributed by atoms with van der Waals surface area (Å²) >= 11 is 1.50. The number of β-amino-alcohol motifs (C(OH)–C–C–N with tert-alkyl or cyclic N) is 1. The second kappa shape index (κ2) is 7.55. The van der Waals surface area contributed by atoms with Crippen LogP contribution in [0.15, 0.2) is 0 Å². The SMILES string of the molecule is O=C(Nc1nnc(C2CCCCC2)s1)N1CC(O)C(N2CCCC2)C1. The Hall–Kier alpha value is -1.25. The van der Waals surface area contributed by atoms with E-state index in [1.165, 1.54) is 56.3 Å². The number of aromatic nitrogens is 2. The first-order chi connectivity index (χ1) is 12.2. The lowest BCUT2D eigenvalue weighted by Gasteiger charge is -2.25. The van der Waals surface area contributed by atoms with Gasteiger partial charge in [0.15, 0.2) is 0 Å². The third-order valence-corrected chi connectivity index (χ3v) is 6.77. The molecule has 3 fully saturated rings. The number of hydrogen-bond acceptors (Lipinski definition) is 6. The van der Waals surface area contributed by atoms with Crippen LogP contribution in [0.25, 0.3) is 0 Å². The first-order valence-corrected chi connectivity index (χ1v) is 10.3. The molecule has 3 heterocycles. The van der Waals surface area contributed by atoms with E-state index in [4.69, 9.17) is 0 Å². The Labute approximate surface area is 152 Å². The molecule has 1 aromatic heterocycles. The molecule has 8 heteroatoms. The van der Waals surface area contributed by atoms with Gasteiger partial charge >= 0.3 is 6.03 Å². The van der Waals surface area contributed by atoms with E-state index in [0.717, 1.165) is 18.1 Å². The van der Waals surface area contributed by atoms with Crippen molar-refractivity contribution in [3.05, 3.63) is 5.01 Å². The van der Waals surface area contributed by atoms with E-state index in [9.17, 15) is 9.90 Å². The van der Waals surface area contributed by atoms with Gasteiger partial charge in [-0.05, 0) is 38.8 Å². The summed E-state index contributed by atoms with van der Waals surface area (Å²) in [7, 11) is 0. The fourth-order valence-electron chi connectivity index (χ4n) is 4.34. The number of rotatable bonds is 3. The lowest BCUT2D eigenvalue weighted by molar-refractivity contribution is 0.0980. The Kier molecular flexibility index (Phi) is 5.19. The predicted molar refractivity (Wildman–Crippen MR) is 96.9 cm³/mol. The highest BCUT2D eigenvalue weighted by Gasteiger charge is 2.38. The topological polar surface area (TPSA) is 81.6 Å². The quantitative estimate of drug-likeness (QED) is 0.859. The van der Waals surface area contributed by atoms with Crippen LogP contribution in [-0.4, -0.2) is 69.5 Å². The predicted octanol–water partition coefficient (Wildman–Crippen LogP) is 2.26. The van der Waals surface area contributed by atoms with Crippen molar-refractivity contribution < 1.29 is 9.90 Å². The molecule has 25 heavy (non-hydrogen) atoms. The first kappa shape index (κ1) is 17.2. The summed E-state index contributed by atoms with van der Waals surface area (Å²) in [5.74, 6) is 0.505. The molecule has 2 amide bonds. The Bertz CT molecular complexity index is 598. The van der Waals surface area contributed by atoms with Crippen LogP contribution in [0.2, 0.25) is 0 Å². The molecule has 0 bridgehead atoms. The number of urea groups is 1. The highest BCUT2D eigenvalue weighted by molar-refractivity contribution is 7.15. The van der Waals surface area contributed by atoms with Crippen molar-refractivity contribution in [2.75, 3.05) is 31.5 Å². The normalized spacial score (nSPS) is 28.6. The molecule has 1 aliphatic carbocycles. The Balaban J connectivity index is 1.33. The fourth-order valence-corrected chi connectivity index (χ4v) is 5.24. The van der Waals surface area contributed by atoms with Gasteiger partial charge in [-0.2, -0.15) is 0 Å². The molecule has 138 valence electrons. The van der Waals surface area contributed by atoms with Crippen molar-refractivity contribution in [2.24, 2.45) is 0 Å². The van der Waals surface area contributed by atoms with E-state index in [2.05, 4.69) is 20.4 Å². The minimum atomic E-state index is -0.462. The number of carbonyl (C=O) groups excluding carboxylic acids is 1. The van der Waals surface area contributed by atoms with Gasteiger partial charge in [-0.15, -0.1) is 10.2 Å². The molecule has 1 saturated carbocycles. The second-order valence-corrected chi connectivity index (χ2v) is 8.50. The Morgan fingerprint density at radius 3 is 2.60 bits per heavy atom. The Morgan fingerprint density at radius 1 is 1.08 bits per heavy atom. The maximum absolute atomic E-state index is 12.5. The summed E-state index contributed by atoms with van der Waals surface area (Å²) in [4.78, 5) is 16.5. The zero-order chi connectivity index (χ0) is 17.2. The number of aliphatic hydroxyl groups excluding tert-OH is 1. The molecule has 3 aliphatic rings. The third-order valence-electron chi connectivity index (χ3n) is 5.76. The maximum atomic E-state index is 12.5. The Morgan fingerprint density at radius 2 is 1.84 bits per heavy atom. The van der Waals surface area contributed by atoms with E-state index in [-0.39, 0.29) is 12.1 Å². The second-order valence-electron chi connectivity index (χ2n) is 7.49. The van der Waals surface area contributed by atoms with Gasteiger partial charge in [-0.3, -0.25) is 10.2 Å². The number of nitrogens with zero attached hydrogens (tertiary/aromatic N) is 4. The third kappa shape index (κ3) is 3.80. The average Bonchev–Trinajstić information content (AvgIpc) is 3.35. The van der Waals surface area contributed by atoms with Crippen LogP contribution in [0.3, 0.4) is 0 Å². The van der Waals surface area contributed by atoms with Gasteiger partial charge in [0.2, 0.25) is 5.13 Å². The molecule has 4 rings (SSSR count). The van der Waals surface area contributed by atoms with E-state index >= 15 is 0 Å². The van der Waals surface area contributed by atoms with Gasteiger partial charge in [0.25, 0.3) is 0 Å². The molecule has 0 spiro atoms. The minimum absolute atomic E-state index is 0.0699. The molecular weight excluding hydrogens is 338 g/mol. The molecule has 2 unspecified atom stereocenters. The number of likely N-dealkylation sites (tertiary alicyclic amines) is 2. The first-order valence-electron chi connectivity index (χ1n) is 9.52. The molecule has 2 atom stereocenters. The van der Waals surface area contributed by atoms with Crippen molar-refractivity contribution in [1.82, 2.24) is 20.0 Å². The van der Waals surface area contributed by atoms with Crippen molar-refractivity contribution in [3.63, 3.8) is 0 Å². The largest absolute Gasteiger partial charge is 0.390 e. The van der Waals surface area contributed by atoms with E-state index in [0.29, 0.717) is 24.1 Å². The highest BCUT2D eigenvalue weighted by atomic mass is 32.1. The molecule has 1 aromatic rings. The molecule has 0 aromatic carbocycles. The summed E-state index contributed by atoms with van der Waals surface area (Å²) in [5.41, 5.74) is 0. The van der Waals surface area contributed by atoms with Crippen LogP contribution in [0.4, 0.5) is 9.93 Å². The highest BCUT2D eigenvalue weighted by Crippen LogP contribution is 2.35. The van der Waals surface area contributed by atoms with Crippen molar-refractivity contribution in [2.45, 2.75) is 63.0 Å². The standard InChI is InChI=1S/C17H27N5O2S/c23-14-11-22(10-13(14)21-8-4-5-9-21)17(24)18-16-20-19-15(25-16)12-6-2-1-3-7-12/h12-14,23H,1-11H2,(H,18,20,24). The van der Waals surface area contributed by atoms with E-state index in [1.54, 1.807) is 4.90 Å². The summed E-state index contributed by atoms with van der Waals surface area (Å²) < 4.78 is 0. The van der Waals surface area contributed by atoms with Crippen LogP contribution in [0, 0.1) is 0 Å². The van der Waals surface area contributed by atoms with Crippen molar-refractivity contribution in [1.29, 1.82) is 0 Å². The molecular formula is C17H27N5O2S. The van der Waals surface area contributed by atoms with Gasteiger partial charge in [0.05, 0.1) is 18.7 Å². The average molecular weight is 366 g/mol. The summed E-state index contributed by atoms with van der Waals surface area (Å²) in [5, 5.41) is 23.3. The zero-order valence-corrected chi connectivity index (χ0v) is 15.4.